The molecule has 1 unspecified atom stereocenters. The topological polar surface area (TPSA) is 20.2 Å². The van der Waals surface area contributed by atoms with Crippen LogP contribution in [0.25, 0.3) is 0 Å². The second-order valence-corrected chi connectivity index (χ2v) is 5.76. The normalized spacial score (nSPS) is 15.0. The standard InChI is InChI=1S/C17H25F3O/c1-4-6-8-13-10-11-15(12-14(13)9-7-5-2)16(3,21)17(18,19)20/h10-12,21H,4-9H2,1-3H3. The third-order valence-electron chi connectivity index (χ3n) is 3.92. The second-order valence-electron chi connectivity index (χ2n) is 5.76. The zero-order chi connectivity index (χ0) is 16.1. The Morgan fingerprint density at radius 2 is 1.48 bits per heavy atom. The highest BCUT2D eigenvalue weighted by Gasteiger charge is 2.51. The number of aryl methyl sites for hydroxylation is 2. The molecule has 1 nitrogen and oxygen atoms in total. The summed E-state index contributed by atoms with van der Waals surface area (Å²) in [7, 11) is 0. The molecule has 1 rings (SSSR count). The van der Waals surface area contributed by atoms with Gasteiger partial charge in [0.15, 0.2) is 5.60 Å². The predicted molar refractivity (Wildman–Crippen MR) is 79.3 cm³/mol. The van der Waals surface area contributed by atoms with Gasteiger partial charge in [0.25, 0.3) is 0 Å². The summed E-state index contributed by atoms with van der Waals surface area (Å²) in [5, 5.41) is 9.81. The van der Waals surface area contributed by atoms with Gasteiger partial charge in [-0.25, -0.2) is 0 Å². The first kappa shape index (κ1) is 18.0. The summed E-state index contributed by atoms with van der Waals surface area (Å²) < 4.78 is 38.9. The number of unbranched alkanes of at least 4 members (excludes halogenated alkanes) is 2. The fraction of sp³-hybridized carbons (Fsp3) is 0.647. The molecular weight excluding hydrogens is 277 g/mol. The summed E-state index contributed by atoms with van der Waals surface area (Å²) in [6, 6.07) is 4.69. The van der Waals surface area contributed by atoms with Crippen molar-refractivity contribution in [3.05, 3.63) is 34.9 Å². The van der Waals surface area contributed by atoms with Crippen molar-refractivity contribution >= 4 is 0 Å². The van der Waals surface area contributed by atoms with Crippen molar-refractivity contribution in [3.8, 4) is 0 Å². The molecule has 0 aromatic heterocycles. The number of benzene rings is 1. The molecule has 4 heteroatoms. The zero-order valence-electron chi connectivity index (χ0n) is 13.1. The monoisotopic (exact) mass is 302 g/mol. The van der Waals surface area contributed by atoms with Gasteiger partial charge < -0.3 is 5.11 Å². The van der Waals surface area contributed by atoms with E-state index in [1.165, 1.54) is 12.1 Å². The van der Waals surface area contributed by atoms with Gasteiger partial charge in [-0.2, -0.15) is 13.2 Å². The van der Waals surface area contributed by atoms with Gasteiger partial charge in [-0.1, -0.05) is 44.9 Å². The van der Waals surface area contributed by atoms with Crippen molar-refractivity contribution in [2.45, 2.75) is 71.1 Å². The van der Waals surface area contributed by atoms with Gasteiger partial charge in [0.2, 0.25) is 0 Å². The smallest absolute Gasteiger partial charge is 0.376 e. The third kappa shape index (κ3) is 4.47. The lowest BCUT2D eigenvalue weighted by Crippen LogP contribution is -2.39. The molecule has 0 fully saturated rings. The van der Waals surface area contributed by atoms with Gasteiger partial charge >= 0.3 is 6.18 Å². The minimum absolute atomic E-state index is 0.0682. The molecule has 0 radical (unpaired) electrons. The Morgan fingerprint density at radius 3 is 1.95 bits per heavy atom. The maximum Gasteiger partial charge on any atom is 0.421 e. The molecule has 21 heavy (non-hydrogen) atoms. The summed E-state index contributed by atoms with van der Waals surface area (Å²) in [6.07, 6.45) is 0.981. The second kappa shape index (κ2) is 7.30. The van der Waals surface area contributed by atoms with Gasteiger partial charge in [-0.3, -0.25) is 0 Å². The largest absolute Gasteiger partial charge is 0.421 e. The number of rotatable bonds is 7. The third-order valence-corrected chi connectivity index (χ3v) is 3.92. The van der Waals surface area contributed by atoms with Crippen LogP contribution in [0.1, 0.15) is 63.1 Å². The molecule has 1 aromatic rings. The van der Waals surface area contributed by atoms with Gasteiger partial charge in [0.05, 0.1) is 0 Å². The highest BCUT2D eigenvalue weighted by Crippen LogP contribution is 2.39. The van der Waals surface area contributed by atoms with Crippen LogP contribution in [0.15, 0.2) is 18.2 Å². The van der Waals surface area contributed by atoms with Crippen molar-refractivity contribution in [2.75, 3.05) is 0 Å². The fourth-order valence-electron chi connectivity index (χ4n) is 2.30. The number of hydrogen-bond donors (Lipinski definition) is 1. The van der Waals surface area contributed by atoms with E-state index in [2.05, 4.69) is 13.8 Å². The van der Waals surface area contributed by atoms with Gasteiger partial charge in [0, 0.05) is 0 Å². The van der Waals surface area contributed by atoms with Crippen LogP contribution < -0.4 is 0 Å². The number of hydrogen-bond acceptors (Lipinski definition) is 1. The highest BCUT2D eigenvalue weighted by atomic mass is 19.4. The lowest BCUT2D eigenvalue weighted by molar-refractivity contribution is -0.258. The van der Waals surface area contributed by atoms with E-state index >= 15 is 0 Å². The van der Waals surface area contributed by atoms with E-state index in [-0.39, 0.29) is 5.56 Å². The fourth-order valence-corrected chi connectivity index (χ4v) is 2.30. The average molecular weight is 302 g/mol. The van der Waals surface area contributed by atoms with E-state index < -0.39 is 11.8 Å². The molecular formula is C17H25F3O. The molecule has 0 aliphatic carbocycles. The summed E-state index contributed by atoms with van der Waals surface area (Å²) in [5.41, 5.74) is -0.822. The lowest BCUT2D eigenvalue weighted by Gasteiger charge is -2.27. The molecule has 0 saturated carbocycles. The highest BCUT2D eigenvalue weighted by molar-refractivity contribution is 5.36. The van der Waals surface area contributed by atoms with Crippen LogP contribution in [0.3, 0.4) is 0 Å². The Labute approximate surface area is 125 Å². The molecule has 1 N–H and O–H groups in total. The Hall–Kier alpha value is -1.03. The van der Waals surface area contributed by atoms with Crippen LogP contribution in [0.2, 0.25) is 0 Å². The molecule has 1 atom stereocenters. The van der Waals surface area contributed by atoms with Crippen LogP contribution in [-0.2, 0) is 18.4 Å². The molecule has 0 spiro atoms. The first-order valence-corrected chi connectivity index (χ1v) is 7.65. The molecule has 1 aromatic carbocycles. The van der Waals surface area contributed by atoms with Gasteiger partial charge in [-0.15, -0.1) is 0 Å². The number of aliphatic hydroxyl groups is 1. The zero-order valence-corrected chi connectivity index (χ0v) is 13.1. The van der Waals surface area contributed by atoms with E-state index in [0.29, 0.717) is 0 Å². The van der Waals surface area contributed by atoms with Crippen molar-refractivity contribution in [1.82, 2.24) is 0 Å². The molecule has 0 aliphatic heterocycles. The quantitative estimate of drug-likeness (QED) is 0.739. The maximum atomic E-state index is 13.0. The summed E-state index contributed by atoms with van der Waals surface area (Å²) in [4.78, 5) is 0. The molecule has 0 aliphatic rings. The van der Waals surface area contributed by atoms with Crippen molar-refractivity contribution in [3.63, 3.8) is 0 Å². The Morgan fingerprint density at radius 1 is 0.952 bits per heavy atom. The van der Waals surface area contributed by atoms with Crippen LogP contribution in [0.5, 0.6) is 0 Å². The Bertz CT molecular complexity index is 450. The SMILES string of the molecule is CCCCc1ccc(C(C)(O)C(F)(F)F)cc1CCCC. The first-order chi connectivity index (χ1) is 9.74. The molecule has 0 saturated heterocycles. The Kier molecular flexibility index (Phi) is 6.26. The minimum Gasteiger partial charge on any atom is -0.376 e. The van der Waals surface area contributed by atoms with Crippen LogP contribution >= 0.6 is 0 Å². The van der Waals surface area contributed by atoms with Gasteiger partial charge in [0.1, 0.15) is 0 Å². The van der Waals surface area contributed by atoms with E-state index in [9.17, 15) is 18.3 Å². The molecule has 120 valence electrons. The molecule has 0 amide bonds. The first-order valence-electron chi connectivity index (χ1n) is 7.65. The summed E-state index contributed by atoms with van der Waals surface area (Å²) in [6.45, 7) is 4.97. The van der Waals surface area contributed by atoms with Crippen molar-refractivity contribution < 1.29 is 18.3 Å². The number of halogens is 3. The van der Waals surface area contributed by atoms with Crippen LogP contribution in [-0.4, -0.2) is 11.3 Å². The Balaban J connectivity index is 3.14. The summed E-state index contributed by atoms with van der Waals surface area (Å²) in [5.74, 6) is 0. The predicted octanol–water partition coefficient (Wildman–Crippen LogP) is 5.14. The number of alkyl halides is 3. The van der Waals surface area contributed by atoms with Crippen molar-refractivity contribution in [1.29, 1.82) is 0 Å². The van der Waals surface area contributed by atoms with E-state index in [1.54, 1.807) is 6.07 Å². The maximum absolute atomic E-state index is 13.0. The minimum atomic E-state index is -4.67. The molecule has 0 bridgehead atoms. The van der Waals surface area contributed by atoms with E-state index in [4.69, 9.17) is 0 Å². The summed E-state index contributed by atoms with van der Waals surface area (Å²) >= 11 is 0. The molecule has 0 heterocycles. The average Bonchev–Trinajstić information content (AvgIpc) is 2.41. The van der Waals surface area contributed by atoms with Crippen LogP contribution in [0, 0.1) is 0 Å². The van der Waals surface area contributed by atoms with Crippen molar-refractivity contribution in [2.24, 2.45) is 0 Å². The van der Waals surface area contributed by atoms with E-state index in [1.807, 2.05) is 0 Å². The van der Waals surface area contributed by atoms with Gasteiger partial charge in [-0.05, 0) is 49.3 Å². The lowest BCUT2D eigenvalue weighted by atomic mass is 9.89. The van der Waals surface area contributed by atoms with Crippen LogP contribution in [0.4, 0.5) is 13.2 Å². The van der Waals surface area contributed by atoms with E-state index in [0.717, 1.165) is 56.6 Å².